The molecule has 0 spiro atoms. The van der Waals surface area contributed by atoms with E-state index in [1.807, 2.05) is 0 Å². The van der Waals surface area contributed by atoms with E-state index in [2.05, 4.69) is 4.74 Å². The molecule has 0 aliphatic carbocycles. The number of halogens is 1. The first-order chi connectivity index (χ1) is 2.77. The van der Waals surface area contributed by atoms with Gasteiger partial charge in [-0.1, -0.05) is 0 Å². The summed E-state index contributed by atoms with van der Waals surface area (Å²) < 4.78 is 14.8. The van der Waals surface area contributed by atoms with E-state index in [4.69, 9.17) is 5.11 Å². The molecule has 0 unspecified atom stereocenters. The highest BCUT2D eigenvalue weighted by molar-refractivity contribution is 4.30. The van der Waals surface area contributed by atoms with Crippen molar-refractivity contribution < 1.29 is 14.2 Å². The van der Waals surface area contributed by atoms with E-state index in [9.17, 15) is 4.39 Å². The summed E-state index contributed by atoms with van der Waals surface area (Å²) in [6.45, 7) is 0.287. The molecule has 1 N–H and O–H groups in total. The van der Waals surface area contributed by atoms with Gasteiger partial charge in [0.2, 0.25) is 0 Å². The Morgan fingerprint density at radius 1 is 2.00 bits per heavy atom. The fourth-order valence-electron chi connectivity index (χ4n) is 0.119. The van der Waals surface area contributed by atoms with Crippen molar-refractivity contribution in [2.45, 2.75) is 6.92 Å². The molecule has 0 bridgehead atoms. The van der Waals surface area contributed by atoms with Crippen molar-refractivity contribution in [3.8, 4) is 0 Å². The zero-order valence-corrected chi connectivity index (χ0v) is 3.44. The standard InChI is InChI=1S/C3H6FO2/c1-2-6-3(4)5/h5H,2H2,1H3. The Labute approximate surface area is 35.5 Å². The van der Waals surface area contributed by atoms with E-state index in [0.717, 1.165) is 0 Å². The molecular formula is C3H6FO2. The predicted molar refractivity (Wildman–Crippen MR) is 17.9 cm³/mol. The van der Waals surface area contributed by atoms with E-state index < -0.39 is 6.54 Å². The van der Waals surface area contributed by atoms with E-state index in [-0.39, 0.29) is 6.61 Å². The molecule has 0 saturated carbocycles. The number of aliphatic hydroxyl groups is 1. The van der Waals surface area contributed by atoms with Crippen LogP contribution in [0.15, 0.2) is 0 Å². The summed E-state index contributed by atoms with van der Waals surface area (Å²) in [6, 6.07) is 0. The van der Waals surface area contributed by atoms with Crippen molar-refractivity contribution in [1.82, 2.24) is 0 Å². The van der Waals surface area contributed by atoms with E-state index in [1.165, 1.54) is 0 Å². The maximum Gasteiger partial charge on any atom is 0.406 e. The number of aliphatic hydroxyl groups excluding tert-OH is 1. The summed E-state index contributed by atoms with van der Waals surface area (Å²) >= 11 is 0. The average Bonchev–Trinajstić information content (AvgIpc) is 1.35. The van der Waals surface area contributed by atoms with Crippen LogP contribution in [0.3, 0.4) is 0 Å². The molecule has 0 aromatic carbocycles. The van der Waals surface area contributed by atoms with Crippen LogP contribution in [0.5, 0.6) is 0 Å². The van der Waals surface area contributed by atoms with Gasteiger partial charge in [-0.25, -0.2) is 0 Å². The van der Waals surface area contributed by atoms with Gasteiger partial charge in [0.15, 0.2) is 0 Å². The van der Waals surface area contributed by atoms with Crippen molar-refractivity contribution in [2.75, 3.05) is 6.61 Å². The van der Waals surface area contributed by atoms with Crippen LogP contribution in [-0.4, -0.2) is 11.7 Å². The van der Waals surface area contributed by atoms with Gasteiger partial charge in [-0.2, -0.15) is 4.39 Å². The lowest BCUT2D eigenvalue weighted by Crippen LogP contribution is -1.92. The lowest BCUT2D eigenvalue weighted by molar-refractivity contribution is -0.0683. The molecule has 6 heavy (non-hydrogen) atoms. The summed E-state index contributed by atoms with van der Waals surface area (Å²) in [5.41, 5.74) is 0. The largest absolute Gasteiger partial charge is 0.406 e. The summed E-state index contributed by atoms with van der Waals surface area (Å²) in [4.78, 5) is 0. The summed E-state index contributed by atoms with van der Waals surface area (Å²) in [7, 11) is 0. The molecule has 0 heterocycles. The molecule has 0 aromatic heterocycles. The number of ether oxygens (including phenoxy) is 1. The molecule has 1 radical (unpaired) electrons. The topological polar surface area (TPSA) is 29.5 Å². The van der Waals surface area contributed by atoms with Gasteiger partial charge in [0.05, 0.1) is 6.61 Å². The zero-order valence-electron chi connectivity index (χ0n) is 3.44. The van der Waals surface area contributed by atoms with Crippen molar-refractivity contribution in [2.24, 2.45) is 0 Å². The zero-order chi connectivity index (χ0) is 4.99. The fourth-order valence-corrected chi connectivity index (χ4v) is 0.119. The van der Waals surface area contributed by atoms with Crippen LogP contribution in [0.1, 0.15) is 6.92 Å². The van der Waals surface area contributed by atoms with Crippen LogP contribution in [0.2, 0.25) is 0 Å². The second-order valence-electron chi connectivity index (χ2n) is 0.686. The van der Waals surface area contributed by atoms with Gasteiger partial charge in [0.1, 0.15) is 0 Å². The lowest BCUT2D eigenvalue weighted by Gasteiger charge is -1.91. The first-order valence-electron chi connectivity index (χ1n) is 1.61. The number of rotatable bonds is 2. The second kappa shape index (κ2) is 3.06. The van der Waals surface area contributed by atoms with Crippen molar-refractivity contribution in [3.63, 3.8) is 0 Å². The molecule has 0 fully saturated rings. The van der Waals surface area contributed by atoms with Crippen LogP contribution in [-0.2, 0) is 4.74 Å². The fraction of sp³-hybridized carbons (Fsp3) is 0.667. The Morgan fingerprint density at radius 2 is 2.50 bits per heavy atom. The van der Waals surface area contributed by atoms with Crippen molar-refractivity contribution >= 4 is 0 Å². The van der Waals surface area contributed by atoms with Crippen molar-refractivity contribution in [1.29, 1.82) is 0 Å². The molecule has 0 aromatic rings. The summed E-state index contributed by atoms with van der Waals surface area (Å²) in [6.07, 6.45) is 0. The Bertz CT molecular complexity index is 30.0. The molecule has 0 saturated heterocycles. The summed E-state index contributed by atoms with van der Waals surface area (Å²) in [5.74, 6) is 0. The second-order valence-corrected chi connectivity index (χ2v) is 0.686. The van der Waals surface area contributed by atoms with Gasteiger partial charge in [0, 0.05) is 0 Å². The van der Waals surface area contributed by atoms with Gasteiger partial charge in [-0.3, -0.25) is 0 Å². The molecular weight excluding hydrogens is 87.0 g/mol. The minimum absolute atomic E-state index is 0.169. The first kappa shape index (κ1) is 5.85. The maximum absolute atomic E-state index is 11.0. The molecule has 0 atom stereocenters. The predicted octanol–water partition coefficient (Wildman–Crippen LogP) is 0.812. The molecule has 0 amide bonds. The highest BCUT2D eigenvalue weighted by Crippen LogP contribution is 1.93. The molecule has 3 heteroatoms. The van der Waals surface area contributed by atoms with Gasteiger partial charge in [-0.05, 0) is 6.92 Å². The molecule has 0 rings (SSSR count). The lowest BCUT2D eigenvalue weighted by atomic mass is 10.9. The maximum atomic E-state index is 11.0. The monoisotopic (exact) mass is 93.0 g/mol. The highest BCUT2D eigenvalue weighted by Gasteiger charge is 1.96. The number of hydrogen-bond acceptors (Lipinski definition) is 2. The Hall–Kier alpha value is -0.150. The van der Waals surface area contributed by atoms with Crippen LogP contribution in [0.4, 0.5) is 4.39 Å². The quantitative estimate of drug-likeness (QED) is 0.547. The third kappa shape index (κ3) is 3.85. The number of hydrogen-bond donors (Lipinski definition) is 1. The molecule has 37 valence electrons. The Balaban J connectivity index is 2.63. The van der Waals surface area contributed by atoms with Crippen LogP contribution >= 0.6 is 0 Å². The molecule has 2 nitrogen and oxygen atoms in total. The van der Waals surface area contributed by atoms with Crippen LogP contribution < -0.4 is 0 Å². The minimum Gasteiger partial charge on any atom is -0.333 e. The van der Waals surface area contributed by atoms with Gasteiger partial charge in [0.25, 0.3) is 0 Å². The average molecular weight is 93.1 g/mol. The molecule has 0 aliphatic rings. The Morgan fingerprint density at radius 3 is 2.50 bits per heavy atom. The van der Waals surface area contributed by atoms with E-state index >= 15 is 0 Å². The third-order valence-corrected chi connectivity index (χ3v) is 0.263. The molecule has 0 aliphatic heterocycles. The van der Waals surface area contributed by atoms with Crippen LogP contribution in [0, 0.1) is 6.54 Å². The highest BCUT2D eigenvalue weighted by atomic mass is 19.2. The summed E-state index contributed by atoms with van der Waals surface area (Å²) in [5, 5.41) is 7.58. The third-order valence-electron chi connectivity index (χ3n) is 0.263. The first-order valence-corrected chi connectivity index (χ1v) is 1.61. The Kier molecular flexibility index (Phi) is 2.98. The van der Waals surface area contributed by atoms with Crippen LogP contribution in [0.25, 0.3) is 0 Å². The minimum atomic E-state index is -1.46. The van der Waals surface area contributed by atoms with E-state index in [0.29, 0.717) is 0 Å². The van der Waals surface area contributed by atoms with Gasteiger partial charge < -0.3 is 9.84 Å². The van der Waals surface area contributed by atoms with Gasteiger partial charge in [-0.15, -0.1) is 0 Å². The smallest absolute Gasteiger partial charge is 0.333 e. The van der Waals surface area contributed by atoms with Gasteiger partial charge >= 0.3 is 6.54 Å². The SMILES string of the molecule is CCO[C](O)F. The normalized spacial score (nSPS) is 10.0. The van der Waals surface area contributed by atoms with Crippen molar-refractivity contribution in [3.05, 3.63) is 6.54 Å². The van der Waals surface area contributed by atoms with E-state index in [1.54, 1.807) is 6.92 Å².